The van der Waals surface area contributed by atoms with Crippen molar-refractivity contribution in [2.45, 2.75) is 17.7 Å². The molecule has 160 valence electrons. The first-order valence-corrected chi connectivity index (χ1v) is 11.8. The van der Waals surface area contributed by atoms with Gasteiger partial charge in [-0.15, -0.1) is 0 Å². The molecule has 1 heterocycles. The summed E-state index contributed by atoms with van der Waals surface area (Å²) in [5, 5.41) is 7.22. The topological polar surface area (TPSA) is 80.0 Å². The standard InChI is InChI=1S/C17H23ClN4OS.C6H6/c1-24(23)15-5-3-13(4-6-15)7-10-20-8-2-9-21-16-11-14(18)12-22-17(16)19;1-2-4-6-5-3-1/h3-6,11-12,20-21H,2,7-10H2,1H3,(H2,19,22);1-6H. The molecule has 1 atom stereocenters. The van der Waals surface area contributed by atoms with Crippen molar-refractivity contribution in [3.05, 3.63) is 83.5 Å². The monoisotopic (exact) mass is 444 g/mol. The molecule has 0 aliphatic carbocycles. The predicted molar refractivity (Wildman–Crippen MR) is 129 cm³/mol. The molecule has 0 saturated carbocycles. The molecule has 0 spiro atoms. The number of pyridine rings is 1. The highest BCUT2D eigenvalue weighted by Gasteiger charge is 2.01. The first kappa shape index (κ1) is 23.9. The first-order valence-electron chi connectivity index (χ1n) is 9.84. The Morgan fingerprint density at radius 2 is 1.63 bits per heavy atom. The van der Waals surface area contributed by atoms with Crippen molar-refractivity contribution < 1.29 is 4.21 Å². The number of benzene rings is 2. The van der Waals surface area contributed by atoms with E-state index in [2.05, 4.69) is 15.6 Å². The summed E-state index contributed by atoms with van der Waals surface area (Å²) in [6.45, 7) is 2.63. The van der Waals surface area contributed by atoms with Gasteiger partial charge in [0.2, 0.25) is 0 Å². The van der Waals surface area contributed by atoms with E-state index in [1.54, 1.807) is 12.3 Å². The highest BCUT2D eigenvalue weighted by atomic mass is 35.5. The van der Waals surface area contributed by atoms with Crippen LogP contribution in [0.3, 0.4) is 0 Å². The largest absolute Gasteiger partial charge is 0.382 e. The number of anilines is 2. The van der Waals surface area contributed by atoms with Crippen LogP contribution in [0.2, 0.25) is 5.02 Å². The third kappa shape index (κ3) is 9.39. The Balaban J connectivity index is 0.000000456. The highest BCUT2D eigenvalue weighted by Crippen LogP contribution is 2.19. The maximum Gasteiger partial charge on any atom is 0.146 e. The first-order chi connectivity index (χ1) is 14.6. The van der Waals surface area contributed by atoms with E-state index >= 15 is 0 Å². The van der Waals surface area contributed by atoms with E-state index in [-0.39, 0.29) is 0 Å². The Labute approximate surface area is 186 Å². The summed E-state index contributed by atoms with van der Waals surface area (Å²) in [5.41, 5.74) is 7.80. The minimum atomic E-state index is -0.912. The molecule has 1 unspecified atom stereocenters. The summed E-state index contributed by atoms with van der Waals surface area (Å²) >= 11 is 5.90. The predicted octanol–water partition coefficient (Wildman–Crippen LogP) is 4.38. The van der Waals surface area contributed by atoms with Crippen LogP contribution in [0.15, 0.2) is 77.8 Å². The van der Waals surface area contributed by atoms with Crippen LogP contribution in [0.4, 0.5) is 11.5 Å². The van der Waals surface area contributed by atoms with Crippen molar-refractivity contribution in [2.24, 2.45) is 0 Å². The molecule has 3 rings (SSSR count). The van der Waals surface area contributed by atoms with E-state index in [1.807, 2.05) is 60.7 Å². The molecule has 0 aliphatic heterocycles. The Bertz CT molecular complexity index is 865. The normalized spacial score (nSPS) is 11.3. The van der Waals surface area contributed by atoms with Gasteiger partial charge in [0.05, 0.1) is 10.7 Å². The van der Waals surface area contributed by atoms with E-state index in [0.717, 1.165) is 43.1 Å². The Morgan fingerprint density at radius 1 is 1.00 bits per heavy atom. The summed E-state index contributed by atoms with van der Waals surface area (Å²) in [6.07, 6.45) is 5.15. The van der Waals surface area contributed by atoms with Crippen LogP contribution < -0.4 is 16.4 Å². The van der Waals surface area contributed by atoms with Gasteiger partial charge in [0, 0.05) is 34.7 Å². The molecule has 0 bridgehead atoms. The number of hydrogen-bond acceptors (Lipinski definition) is 5. The van der Waals surface area contributed by atoms with Crippen molar-refractivity contribution in [3.8, 4) is 0 Å². The molecule has 2 aromatic carbocycles. The quantitative estimate of drug-likeness (QED) is 0.427. The average Bonchev–Trinajstić information content (AvgIpc) is 2.77. The zero-order valence-electron chi connectivity index (χ0n) is 17.2. The van der Waals surface area contributed by atoms with Crippen LogP contribution in [0.5, 0.6) is 0 Å². The molecule has 0 radical (unpaired) electrons. The van der Waals surface area contributed by atoms with Gasteiger partial charge in [0.15, 0.2) is 0 Å². The molecule has 1 aromatic heterocycles. The number of nitrogens with one attached hydrogen (secondary N) is 2. The molecule has 0 amide bonds. The van der Waals surface area contributed by atoms with Gasteiger partial charge in [0.1, 0.15) is 5.82 Å². The minimum Gasteiger partial charge on any atom is -0.382 e. The fourth-order valence-corrected chi connectivity index (χ4v) is 3.30. The molecule has 0 saturated heterocycles. The third-order valence-corrected chi connectivity index (χ3v) is 5.39. The van der Waals surface area contributed by atoms with E-state index in [4.69, 9.17) is 17.3 Å². The Morgan fingerprint density at radius 3 is 2.23 bits per heavy atom. The fraction of sp³-hybridized carbons (Fsp3) is 0.261. The number of hydrogen-bond donors (Lipinski definition) is 3. The fourth-order valence-electron chi connectivity index (χ4n) is 2.62. The van der Waals surface area contributed by atoms with E-state index < -0.39 is 10.8 Å². The van der Waals surface area contributed by atoms with Gasteiger partial charge in [-0.05, 0) is 49.7 Å². The van der Waals surface area contributed by atoms with E-state index in [1.165, 1.54) is 11.8 Å². The average molecular weight is 445 g/mol. The van der Waals surface area contributed by atoms with Crippen molar-refractivity contribution in [1.29, 1.82) is 0 Å². The molecule has 3 aromatic rings. The Kier molecular flexibility index (Phi) is 10.9. The van der Waals surface area contributed by atoms with Crippen LogP contribution in [-0.2, 0) is 17.2 Å². The lowest BCUT2D eigenvalue weighted by Crippen LogP contribution is -2.20. The molecular formula is C23H29ClN4OS. The van der Waals surface area contributed by atoms with Crippen molar-refractivity contribution in [3.63, 3.8) is 0 Å². The zero-order chi connectivity index (χ0) is 21.6. The summed E-state index contributed by atoms with van der Waals surface area (Å²) in [6, 6.07) is 21.7. The minimum absolute atomic E-state index is 0.462. The maximum absolute atomic E-state index is 11.3. The smallest absolute Gasteiger partial charge is 0.146 e. The second-order valence-corrected chi connectivity index (χ2v) is 8.44. The van der Waals surface area contributed by atoms with Gasteiger partial charge in [-0.2, -0.15) is 0 Å². The maximum atomic E-state index is 11.3. The Hall–Kier alpha value is -2.41. The number of nitrogen functional groups attached to an aromatic ring is 1. The SMILES string of the molecule is CS(=O)c1ccc(CCNCCCNc2cc(Cl)cnc2N)cc1.c1ccccc1. The lowest BCUT2D eigenvalue weighted by atomic mass is 10.1. The number of nitrogens with two attached hydrogens (primary N) is 1. The zero-order valence-corrected chi connectivity index (χ0v) is 18.8. The lowest BCUT2D eigenvalue weighted by Gasteiger charge is -2.09. The summed E-state index contributed by atoms with van der Waals surface area (Å²) in [5.74, 6) is 0.462. The molecule has 4 N–H and O–H groups in total. The van der Waals surface area contributed by atoms with Gasteiger partial charge >= 0.3 is 0 Å². The summed E-state index contributed by atoms with van der Waals surface area (Å²) < 4.78 is 11.3. The van der Waals surface area contributed by atoms with Crippen LogP contribution in [-0.4, -0.2) is 35.1 Å². The molecular weight excluding hydrogens is 416 g/mol. The number of aromatic nitrogens is 1. The third-order valence-electron chi connectivity index (χ3n) is 4.24. The number of nitrogens with zero attached hydrogens (tertiary/aromatic N) is 1. The van der Waals surface area contributed by atoms with Crippen LogP contribution in [0.25, 0.3) is 0 Å². The van der Waals surface area contributed by atoms with Crippen LogP contribution in [0, 0.1) is 0 Å². The van der Waals surface area contributed by atoms with Gasteiger partial charge in [0.25, 0.3) is 0 Å². The summed E-state index contributed by atoms with van der Waals surface area (Å²) in [4.78, 5) is 4.87. The van der Waals surface area contributed by atoms with Gasteiger partial charge in [-0.1, -0.05) is 60.1 Å². The second kappa shape index (κ2) is 13.7. The van der Waals surface area contributed by atoms with Crippen molar-refractivity contribution >= 4 is 33.9 Å². The van der Waals surface area contributed by atoms with Crippen LogP contribution >= 0.6 is 11.6 Å². The van der Waals surface area contributed by atoms with Gasteiger partial charge in [-0.3, -0.25) is 4.21 Å². The van der Waals surface area contributed by atoms with Crippen molar-refractivity contribution in [2.75, 3.05) is 36.9 Å². The van der Waals surface area contributed by atoms with E-state index in [0.29, 0.717) is 10.8 Å². The molecule has 0 fully saturated rings. The number of halogens is 1. The molecule has 30 heavy (non-hydrogen) atoms. The molecule has 7 heteroatoms. The van der Waals surface area contributed by atoms with Gasteiger partial charge < -0.3 is 16.4 Å². The molecule has 5 nitrogen and oxygen atoms in total. The van der Waals surface area contributed by atoms with E-state index in [9.17, 15) is 4.21 Å². The lowest BCUT2D eigenvalue weighted by molar-refractivity contribution is 0.660. The summed E-state index contributed by atoms with van der Waals surface area (Å²) in [7, 11) is -0.912. The van der Waals surface area contributed by atoms with Gasteiger partial charge in [-0.25, -0.2) is 4.98 Å². The second-order valence-electron chi connectivity index (χ2n) is 6.62. The highest BCUT2D eigenvalue weighted by molar-refractivity contribution is 7.84. The number of rotatable bonds is 9. The van der Waals surface area contributed by atoms with Crippen LogP contribution in [0.1, 0.15) is 12.0 Å². The molecule has 0 aliphatic rings. The van der Waals surface area contributed by atoms with Crippen molar-refractivity contribution in [1.82, 2.24) is 10.3 Å².